The Balaban J connectivity index is 1.85. The number of hydrogen-bond acceptors (Lipinski definition) is 2. The SMILES string of the molecule is CCOC1CC(CC(O)c2ccc(F)c(Br)c2)C1. The predicted octanol–water partition coefficient (Wildman–Crippen LogP) is 3.83. The number of ether oxygens (including phenoxy) is 1. The highest BCUT2D eigenvalue weighted by atomic mass is 79.9. The van der Waals surface area contributed by atoms with E-state index < -0.39 is 6.10 Å². The molecule has 0 heterocycles. The highest BCUT2D eigenvalue weighted by molar-refractivity contribution is 9.10. The summed E-state index contributed by atoms with van der Waals surface area (Å²) in [5, 5.41) is 10.1. The third kappa shape index (κ3) is 3.31. The smallest absolute Gasteiger partial charge is 0.137 e. The van der Waals surface area contributed by atoms with Gasteiger partial charge in [-0.2, -0.15) is 0 Å². The van der Waals surface area contributed by atoms with Gasteiger partial charge in [0.15, 0.2) is 0 Å². The first-order valence-corrected chi connectivity index (χ1v) is 7.14. The van der Waals surface area contributed by atoms with Crippen molar-refractivity contribution in [3.05, 3.63) is 34.1 Å². The molecule has 1 aromatic carbocycles. The molecule has 100 valence electrons. The minimum absolute atomic E-state index is 0.300. The van der Waals surface area contributed by atoms with Gasteiger partial charge in [0.25, 0.3) is 0 Å². The van der Waals surface area contributed by atoms with Gasteiger partial charge in [-0.3, -0.25) is 0 Å². The Kier molecular flexibility index (Phi) is 4.76. The van der Waals surface area contributed by atoms with Crippen molar-refractivity contribution in [1.29, 1.82) is 0 Å². The van der Waals surface area contributed by atoms with Crippen LogP contribution in [0.5, 0.6) is 0 Å². The van der Waals surface area contributed by atoms with Crippen molar-refractivity contribution in [2.45, 2.75) is 38.4 Å². The summed E-state index contributed by atoms with van der Waals surface area (Å²) in [6.07, 6.45) is 2.61. The normalized spacial score (nSPS) is 24.7. The molecule has 0 bridgehead atoms. The predicted molar refractivity (Wildman–Crippen MR) is 71.8 cm³/mol. The molecule has 0 radical (unpaired) electrons. The Labute approximate surface area is 115 Å². The Bertz CT molecular complexity index is 405. The fourth-order valence-electron chi connectivity index (χ4n) is 2.41. The van der Waals surface area contributed by atoms with E-state index in [1.165, 1.54) is 6.07 Å². The molecule has 1 saturated carbocycles. The Hall–Kier alpha value is -0.450. The summed E-state index contributed by atoms with van der Waals surface area (Å²) < 4.78 is 19.0. The van der Waals surface area contributed by atoms with Crippen LogP contribution in [0.2, 0.25) is 0 Å². The summed E-state index contributed by atoms with van der Waals surface area (Å²) in [5.74, 6) is 0.214. The molecule has 18 heavy (non-hydrogen) atoms. The van der Waals surface area contributed by atoms with Gasteiger partial charge in [-0.05, 0) is 65.7 Å². The Morgan fingerprint density at radius 3 is 2.83 bits per heavy atom. The van der Waals surface area contributed by atoms with Gasteiger partial charge in [-0.15, -0.1) is 0 Å². The van der Waals surface area contributed by atoms with E-state index in [2.05, 4.69) is 15.9 Å². The van der Waals surface area contributed by atoms with Crippen LogP contribution in [0.4, 0.5) is 4.39 Å². The number of aliphatic hydroxyl groups excluding tert-OH is 1. The van der Waals surface area contributed by atoms with Crippen LogP contribution in [0, 0.1) is 11.7 Å². The third-order valence-electron chi connectivity index (χ3n) is 3.48. The van der Waals surface area contributed by atoms with Gasteiger partial charge in [0.2, 0.25) is 0 Å². The average Bonchev–Trinajstić information content (AvgIpc) is 2.30. The molecule has 1 fully saturated rings. The Morgan fingerprint density at radius 1 is 1.50 bits per heavy atom. The number of rotatable bonds is 5. The minimum atomic E-state index is -0.519. The van der Waals surface area contributed by atoms with Crippen LogP contribution in [0.1, 0.15) is 37.9 Å². The monoisotopic (exact) mass is 316 g/mol. The minimum Gasteiger partial charge on any atom is -0.388 e. The van der Waals surface area contributed by atoms with E-state index in [4.69, 9.17) is 4.74 Å². The first-order valence-electron chi connectivity index (χ1n) is 6.34. The summed E-state index contributed by atoms with van der Waals surface area (Å²) in [6.45, 7) is 2.75. The summed E-state index contributed by atoms with van der Waals surface area (Å²) in [4.78, 5) is 0. The zero-order valence-corrected chi connectivity index (χ0v) is 12.0. The molecule has 1 aliphatic rings. The van der Waals surface area contributed by atoms with Crippen molar-refractivity contribution in [2.24, 2.45) is 5.92 Å². The second-order valence-electron chi connectivity index (χ2n) is 4.84. The first-order chi connectivity index (χ1) is 8.60. The zero-order valence-electron chi connectivity index (χ0n) is 10.4. The molecule has 4 heteroatoms. The largest absolute Gasteiger partial charge is 0.388 e. The van der Waals surface area contributed by atoms with E-state index in [-0.39, 0.29) is 5.82 Å². The van der Waals surface area contributed by atoms with Crippen LogP contribution in [-0.2, 0) is 4.74 Å². The summed E-state index contributed by atoms with van der Waals surface area (Å²) in [5.41, 5.74) is 0.767. The molecule has 1 N–H and O–H groups in total. The summed E-state index contributed by atoms with van der Waals surface area (Å²) >= 11 is 3.14. The molecule has 2 nitrogen and oxygen atoms in total. The lowest BCUT2D eigenvalue weighted by molar-refractivity contribution is -0.0380. The fourth-order valence-corrected chi connectivity index (χ4v) is 2.81. The van der Waals surface area contributed by atoms with Gasteiger partial charge in [0.05, 0.1) is 16.7 Å². The summed E-state index contributed by atoms with van der Waals surface area (Å²) in [6, 6.07) is 4.68. The number of halogens is 2. The van der Waals surface area contributed by atoms with Gasteiger partial charge in [0.1, 0.15) is 5.82 Å². The fraction of sp³-hybridized carbons (Fsp3) is 0.571. The zero-order chi connectivity index (χ0) is 13.1. The number of hydrogen-bond donors (Lipinski definition) is 1. The number of aliphatic hydroxyl groups is 1. The van der Waals surface area contributed by atoms with Crippen molar-refractivity contribution in [2.75, 3.05) is 6.61 Å². The lowest BCUT2D eigenvalue weighted by Gasteiger charge is -2.36. The molecular formula is C14H18BrFO2. The lowest BCUT2D eigenvalue weighted by Crippen LogP contribution is -2.32. The summed E-state index contributed by atoms with van der Waals surface area (Å²) in [7, 11) is 0. The molecule has 1 atom stereocenters. The molecular weight excluding hydrogens is 299 g/mol. The van der Waals surface area contributed by atoms with Gasteiger partial charge >= 0.3 is 0 Å². The third-order valence-corrected chi connectivity index (χ3v) is 4.09. The van der Waals surface area contributed by atoms with Crippen molar-refractivity contribution in [3.63, 3.8) is 0 Å². The van der Waals surface area contributed by atoms with Crippen LogP contribution >= 0.6 is 15.9 Å². The second-order valence-corrected chi connectivity index (χ2v) is 5.69. The molecule has 2 rings (SSSR count). The van der Waals surface area contributed by atoms with Gasteiger partial charge in [-0.25, -0.2) is 4.39 Å². The maximum Gasteiger partial charge on any atom is 0.137 e. The van der Waals surface area contributed by atoms with Crippen molar-refractivity contribution in [1.82, 2.24) is 0 Å². The molecule has 0 amide bonds. The average molecular weight is 317 g/mol. The molecule has 0 saturated heterocycles. The topological polar surface area (TPSA) is 29.5 Å². The van der Waals surface area contributed by atoms with E-state index in [0.29, 0.717) is 16.5 Å². The molecule has 1 aliphatic carbocycles. The van der Waals surface area contributed by atoms with Crippen molar-refractivity contribution < 1.29 is 14.2 Å². The van der Waals surface area contributed by atoms with Gasteiger partial charge in [-0.1, -0.05) is 6.07 Å². The highest BCUT2D eigenvalue weighted by Crippen LogP contribution is 2.37. The van der Waals surface area contributed by atoms with Crippen LogP contribution in [0.3, 0.4) is 0 Å². The molecule has 0 spiro atoms. The highest BCUT2D eigenvalue weighted by Gasteiger charge is 2.31. The van der Waals surface area contributed by atoms with E-state index >= 15 is 0 Å². The maximum atomic E-state index is 13.1. The van der Waals surface area contributed by atoms with Gasteiger partial charge in [0, 0.05) is 6.61 Å². The van der Waals surface area contributed by atoms with Crippen molar-refractivity contribution in [3.8, 4) is 0 Å². The van der Waals surface area contributed by atoms with Crippen LogP contribution < -0.4 is 0 Å². The van der Waals surface area contributed by atoms with Crippen LogP contribution in [0.15, 0.2) is 22.7 Å². The van der Waals surface area contributed by atoms with Gasteiger partial charge < -0.3 is 9.84 Å². The van der Waals surface area contributed by atoms with Crippen molar-refractivity contribution >= 4 is 15.9 Å². The molecule has 0 aliphatic heterocycles. The molecule has 1 unspecified atom stereocenters. The lowest BCUT2D eigenvalue weighted by atomic mass is 9.78. The van der Waals surface area contributed by atoms with Crippen LogP contribution in [0.25, 0.3) is 0 Å². The van der Waals surface area contributed by atoms with E-state index in [1.807, 2.05) is 6.92 Å². The quantitative estimate of drug-likeness (QED) is 0.894. The van der Waals surface area contributed by atoms with E-state index in [9.17, 15) is 9.50 Å². The maximum absolute atomic E-state index is 13.1. The van der Waals surface area contributed by atoms with Crippen LogP contribution in [-0.4, -0.2) is 17.8 Å². The number of benzene rings is 1. The first kappa shape index (κ1) is 14.0. The molecule has 0 aromatic heterocycles. The molecule has 1 aromatic rings. The standard InChI is InChI=1S/C14H18BrFO2/c1-2-18-11-5-9(6-11)7-14(17)10-3-4-13(16)12(15)8-10/h3-4,8-9,11,14,17H,2,5-7H2,1H3. The Morgan fingerprint density at radius 2 is 2.22 bits per heavy atom. The second kappa shape index (κ2) is 6.13. The van der Waals surface area contributed by atoms with E-state index in [0.717, 1.165) is 31.4 Å². The van der Waals surface area contributed by atoms with E-state index in [1.54, 1.807) is 12.1 Å².